The number of aromatic nitrogens is 3. The highest BCUT2D eigenvalue weighted by atomic mass is 16.2. The Balaban J connectivity index is 1.41. The quantitative estimate of drug-likeness (QED) is 0.749. The van der Waals surface area contributed by atoms with Gasteiger partial charge in [-0.25, -0.2) is 9.67 Å². The number of hydrogen-bond donors (Lipinski definition) is 2. The Morgan fingerprint density at radius 3 is 2.50 bits per heavy atom. The van der Waals surface area contributed by atoms with Crippen molar-refractivity contribution in [2.75, 3.05) is 31.5 Å². The van der Waals surface area contributed by atoms with Gasteiger partial charge in [-0.05, 0) is 43.6 Å². The van der Waals surface area contributed by atoms with Crippen molar-refractivity contribution in [3.63, 3.8) is 0 Å². The Morgan fingerprint density at radius 2 is 1.81 bits per heavy atom. The smallest absolute Gasteiger partial charge is 0.313 e. The second-order valence-corrected chi connectivity index (χ2v) is 6.40. The van der Waals surface area contributed by atoms with E-state index in [0.717, 1.165) is 25.2 Å². The van der Waals surface area contributed by atoms with Crippen molar-refractivity contribution in [1.29, 1.82) is 0 Å². The van der Waals surface area contributed by atoms with E-state index in [1.54, 1.807) is 23.1 Å². The lowest BCUT2D eigenvalue weighted by atomic mass is 10.1. The molecule has 0 atom stereocenters. The Labute approximate surface area is 152 Å². The van der Waals surface area contributed by atoms with Gasteiger partial charge in [-0.3, -0.25) is 9.59 Å². The van der Waals surface area contributed by atoms with Crippen LogP contribution in [0.15, 0.2) is 36.9 Å². The fraction of sp³-hybridized carbons (Fsp3) is 0.444. The number of nitrogens with zero attached hydrogens (tertiary/aromatic N) is 4. The molecule has 8 nitrogen and oxygen atoms in total. The molecule has 138 valence electrons. The summed E-state index contributed by atoms with van der Waals surface area (Å²) in [6, 6.07) is 7.30. The highest BCUT2D eigenvalue weighted by Gasteiger charge is 2.15. The maximum absolute atomic E-state index is 12.0. The summed E-state index contributed by atoms with van der Waals surface area (Å²) in [5.41, 5.74) is 1.61. The summed E-state index contributed by atoms with van der Waals surface area (Å²) in [6.07, 6.45) is 6.83. The Bertz CT molecular complexity index is 708. The summed E-state index contributed by atoms with van der Waals surface area (Å²) in [4.78, 5) is 30.1. The molecule has 0 saturated carbocycles. The fourth-order valence-corrected chi connectivity index (χ4v) is 2.97. The van der Waals surface area contributed by atoms with Gasteiger partial charge in [-0.1, -0.05) is 18.6 Å². The number of nitrogens with one attached hydrogen (secondary N) is 2. The van der Waals surface area contributed by atoms with Crippen molar-refractivity contribution < 1.29 is 9.59 Å². The van der Waals surface area contributed by atoms with Crippen molar-refractivity contribution in [2.45, 2.75) is 25.8 Å². The summed E-state index contributed by atoms with van der Waals surface area (Å²) in [6.45, 7) is 4.02. The molecule has 8 heteroatoms. The topological polar surface area (TPSA) is 92.2 Å². The van der Waals surface area contributed by atoms with Gasteiger partial charge in [-0.15, -0.1) is 0 Å². The minimum Gasteiger partial charge on any atom is -0.347 e. The molecule has 0 radical (unpaired) electrons. The van der Waals surface area contributed by atoms with Gasteiger partial charge in [-0.2, -0.15) is 5.10 Å². The number of amides is 2. The minimum atomic E-state index is -0.646. The van der Waals surface area contributed by atoms with Crippen LogP contribution in [0.4, 0.5) is 5.69 Å². The maximum Gasteiger partial charge on any atom is 0.313 e. The zero-order valence-corrected chi connectivity index (χ0v) is 14.7. The van der Waals surface area contributed by atoms with Crippen molar-refractivity contribution in [3.8, 4) is 0 Å². The minimum absolute atomic E-state index is 0.489. The molecule has 1 aliphatic rings. The maximum atomic E-state index is 12.0. The Morgan fingerprint density at radius 1 is 1.04 bits per heavy atom. The number of carbonyl (C=O) groups excluding carboxylic acids is 2. The molecule has 0 spiro atoms. The Kier molecular flexibility index (Phi) is 6.32. The second kappa shape index (κ2) is 9.10. The third-order valence-corrected chi connectivity index (χ3v) is 4.39. The first-order valence-corrected chi connectivity index (χ1v) is 8.93. The number of likely N-dealkylation sites (tertiary alicyclic amines) is 1. The van der Waals surface area contributed by atoms with Crippen molar-refractivity contribution in [3.05, 3.63) is 42.5 Å². The summed E-state index contributed by atoms with van der Waals surface area (Å²) in [5, 5.41) is 9.34. The third kappa shape index (κ3) is 5.38. The molecule has 0 unspecified atom stereocenters. The summed E-state index contributed by atoms with van der Waals surface area (Å²) in [7, 11) is 0. The van der Waals surface area contributed by atoms with Gasteiger partial charge in [0.1, 0.15) is 12.7 Å². The van der Waals surface area contributed by atoms with E-state index in [1.165, 1.54) is 25.6 Å². The van der Waals surface area contributed by atoms with Crippen LogP contribution in [-0.4, -0.2) is 57.7 Å². The molecule has 0 aliphatic carbocycles. The third-order valence-electron chi connectivity index (χ3n) is 4.39. The second-order valence-electron chi connectivity index (χ2n) is 6.40. The van der Waals surface area contributed by atoms with Gasteiger partial charge >= 0.3 is 11.8 Å². The first-order chi connectivity index (χ1) is 12.7. The van der Waals surface area contributed by atoms with Crippen LogP contribution >= 0.6 is 0 Å². The van der Waals surface area contributed by atoms with Gasteiger partial charge in [0, 0.05) is 18.8 Å². The lowest BCUT2D eigenvalue weighted by Gasteiger charge is -2.26. The predicted octanol–water partition coefficient (Wildman–Crippen LogP) is 0.867. The first kappa shape index (κ1) is 18.1. The van der Waals surface area contributed by atoms with E-state index >= 15 is 0 Å². The van der Waals surface area contributed by atoms with E-state index in [1.807, 2.05) is 12.1 Å². The molecule has 3 rings (SSSR count). The van der Waals surface area contributed by atoms with Crippen LogP contribution in [0, 0.1) is 0 Å². The van der Waals surface area contributed by atoms with Gasteiger partial charge in [0.15, 0.2) is 0 Å². The van der Waals surface area contributed by atoms with E-state index in [4.69, 9.17) is 0 Å². The van der Waals surface area contributed by atoms with E-state index in [9.17, 15) is 9.59 Å². The molecular formula is C18H24N6O2. The van der Waals surface area contributed by atoms with Gasteiger partial charge in [0.25, 0.3) is 0 Å². The van der Waals surface area contributed by atoms with Crippen LogP contribution in [0.25, 0.3) is 0 Å². The van der Waals surface area contributed by atoms with Crippen LogP contribution in [-0.2, 0) is 16.1 Å². The van der Waals surface area contributed by atoms with Gasteiger partial charge < -0.3 is 15.5 Å². The average molecular weight is 356 g/mol. The number of carbonyl (C=O) groups is 2. The molecule has 2 N–H and O–H groups in total. The molecule has 1 saturated heterocycles. The van der Waals surface area contributed by atoms with Gasteiger partial charge in [0.05, 0.1) is 6.54 Å². The summed E-state index contributed by atoms with van der Waals surface area (Å²) in [5.74, 6) is -1.25. The van der Waals surface area contributed by atoms with Crippen molar-refractivity contribution in [2.24, 2.45) is 0 Å². The normalized spacial score (nSPS) is 14.8. The number of rotatable bonds is 6. The molecule has 26 heavy (non-hydrogen) atoms. The number of benzene rings is 1. The molecule has 0 bridgehead atoms. The van der Waals surface area contributed by atoms with E-state index in [0.29, 0.717) is 18.8 Å². The molecular weight excluding hydrogens is 332 g/mol. The number of piperidine rings is 1. The SMILES string of the molecule is O=C(NCCN1CCCCC1)C(=O)Nc1ccc(Cn2cncn2)cc1. The van der Waals surface area contributed by atoms with E-state index < -0.39 is 11.8 Å². The van der Waals surface area contributed by atoms with Crippen LogP contribution in [0.2, 0.25) is 0 Å². The molecule has 2 heterocycles. The standard InChI is InChI=1S/C18H24N6O2/c25-17(20-8-11-23-9-2-1-3-10-23)18(26)22-16-6-4-15(5-7-16)12-24-14-19-13-21-24/h4-7,13-14H,1-3,8-12H2,(H,20,25)(H,22,26). The van der Waals surface area contributed by atoms with Gasteiger partial charge in [0.2, 0.25) is 0 Å². The van der Waals surface area contributed by atoms with Crippen LogP contribution < -0.4 is 10.6 Å². The molecule has 2 amide bonds. The van der Waals surface area contributed by atoms with E-state index in [2.05, 4.69) is 25.6 Å². The van der Waals surface area contributed by atoms with E-state index in [-0.39, 0.29) is 0 Å². The number of hydrogen-bond acceptors (Lipinski definition) is 5. The van der Waals surface area contributed by atoms with Crippen LogP contribution in [0.5, 0.6) is 0 Å². The molecule has 1 aromatic carbocycles. The van der Waals surface area contributed by atoms with Crippen molar-refractivity contribution >= 4 is 17.5 Å². The highest BCUT2D eigenvalue weighted by Crippen LogP contribution is 2.10. The average Bonchev–Trinajstić information content (AvgIpc) is 3.17. The summed E-state index contributed by atoms with van der Waals surface area (Å²) >= 11 is 0. The van der Waals surface area contributed by atoms with Crippen molar-refractivity contribution in [1.82, 2.24) is 25.0 Å². The zero-order valence-electron chi connectivity index (χ0n) is 14.7. The number of anilines is 1. The predicted molar refractivity (Wildman–Crippen MR) is 97.5 cm³/mol. The molecule has 2 aromatic rings. The molecule has 1 fully saturated rings. The van der Waals surface area contributed by atoms with Crippen LogP contribution in [0.3, 0.4) is 0 Å². The lowest BCUT2D eigenvalue weighted by Crippen LogP contribution is -2.41. The lowest BCUT2D eigenvalue weighted by molar-refractivity contribution is -0.136. The molecule has 1 aliphatic heterocycles. The largest absolute Gasteiger partial charge is 0.347 e. The Hall–Kier alpha value is -2.74. The van der Waals surface area contributed by atoms with Crippen LogP contribution in [0.1, 0.15) is 24.8 Å². The summed E-state index contributed by atoms with van der Waals surface area (Å²) < 4.78 is 1.71. The monoisotopic (exact) mass is 356 g/mol. The highest BCUT2D eigenvalue weighted by molar-refractivity contribution is 6.39. The zero-order chi connectivity index (χ0) is 18.2. The fourth-order valence-electron chi connectivity index (χ4n) is 2.97. The molecule has 1 aromatic heterocycles. The first-order valence-electron chi connectivity index (χ1n) is 8.93.